The zero-order valence-corrected chi connectivity index (χ0v) is 21.1. The fourth-order valence-electron chi connectivity index (χ4n) is 9.00. The summed E-state index contributed by atoms with van der Waals surface area (Å²) in [6, 6.07) is 0. The molecule has 4 aliphatic carbocycles. The smallest absolute Gasteiger partial charge is 0.303 e. The van der Waals surface area contributed by atoms with Crippen LogP contribution in [0.2, 0.25) is 0 Å². The van der Waals surface area contributed by atoms with Crippen molar-refractivity contribution < 1.29 is 28.6 Å². The van der Waals surface area contributed by atoms with E-state index in [1.165, 1.54) is 59.3 Å². The lowest BCUT2D eigenvalue weighted by molar-refractivity contribution is -0.227. The summed E-state index contributed by atoms with van der Waals surface area (Å²) in [7, 11) is 0. The third-order valence-corrected chi connectivity index (χ3v) is 10.4. The first-order chi connectivity index (χ1) is 15.5. The summed E-state index contributed by atoms with van der Waals surface area (Å²) in [6.07, 6.45) is 10.8. The van der Waals surface area contributed by atoms with Crippen LogP contribution in [0, 0.1) is 34.5 Å². The number of ether oxygens (including phenoxy) is 3. The van der Waals surface area contributed by atoms with Gasteiger partial charge in [0.05, 0.1) is 0 Å². The molecule has 33 heavy (non-hydrogen) atoms. The van der Waals surface area contributed by atoms with Crippen LogP contribution in [0.3, 0.4) is 0 Å². The molecule has 186 valence electrons. The van der Waals surface area contributed by atoms with E-state index in [4.69, 9.17) is 14.2 Å². The van der Waals surface area contributed by atoms with Crippen LogP contribution < -0.4 is 0 Å². The van der Waals surface area contributed by atoms with Crippen LogP contribution >= 0.6 is 0 Å². The van der Waals surface area contributed by atoms with E-state index >= 15 is 0 Å². The highest BCUT2D eigenvalue weighted by molar-refractivity contribution is 5.68. The molecule has 3 unspecified atom stereocenters. The zero-order chi connectivity index (χ0) is 24.0. The Bertz CT molecular complexity index is 793. The first-order valence-electron chi connectivity index (χ1n) is 13.0. The molecule has 0 spiro atoms. The van der Waals surface area contributed by atoms with E-state index < -0.39 is 23.6 Å². The maximum atomic E-state index is 12.4. The highest BCUT2D eigenvalue weighted by Gasteiger charge is 2.69. The minimum Gasteiger partial charge on any atom is -0.462 e. The van der Waals surface area contributed by atoms with Crippen molar-refractivity contribution >= 4 is 17.9 Å². The lowest BCUT2D eigenvalue weighted by atomic mass is 9.44. The summed E-state index contributed by atoms with van der Waals surface area (Å²) in [5.41, 5.74) is -0.875. The van der Waals surface area contributed by atoms with Gasteiger partial charge in [-0.05, 0) is 80.5 Å². The molecule has 6 heteroatoms. The fourth-order valence-corrected chi connectivity index (χ4v) is 9.00. The van der Waals surface area contributed by atoms with Crippen molar-refractivity contribution in [2.75, 3.05) is 6.61 Å². The number of rotatable bonds is 5. The van der Waals surface area contributed by atoms with Gasteiger partial charge < -0.3 is 14.2 Å². The van der Waals surface area contributed by atoms with E-state index in [-0.39, 0.29) is 18.0 Å². The van der Waals surface area contributed by atoms with Crippen LogP contribution in [0.5, 0.6) is 0 Å². The first kappa shape index (κ1) is 24.5. The predicted octanol–water partition coefficient (Wildman–Crippen LogP) is 5.22. The summed E-state index contributed by atoms with van der Waals surface area (Å²) in [6.45, 7) is 8.83. The topological polar surface area (TPSA) is 78.9 Å². The Hall–Kier alpha value is -1.59. The van der Waals surface area contributed by atoms with Crippen molar-refractivity contribution in [3.8, 4) is 0 Å². The van der Waals surface area contributed by atoms with Gasteiger partial charge in [-0.2, -0.15) is 0 Å². The highest BCUT2D eigenvalue weighted by atomic mass is 16.6. The molecule has 0 aromatic rings. The van der Waals surface area contributed by atoms with Gasteiger partial charge in [0.15, 0.2) is 11.7 Å². The molecule has 8 atom stereocenters. The van der Waals surface area contributed by atoms with Gasteiger partial charge in [-0.3, -0.25) is 14.4 Å². The SMILES string of the molecule is CC(=O)OC[C@@H](OC(C)=O)[C@@]1(OC(C)=O)CCC2C3CC[C@H]4CCCC[C@]4(C)C3CC[C@@]21C. The average molecular weight is 463 g/mol. The van der Waals surface area contributed by atoms with Crippen LogP contribution in [0.15, 0.2) is 0 Å². The van der Waals surface area contributed by atoms with Crippen molar-refractivity contribution in [2.24, 2.45) is 34.5 Å². The zero-order valence-electron chi connectivity index (χ0n) is 21.1. The first-order valence-corrected chi connectivity index (χ1v) is 13.0. The number of hydrogen-bond acceptors (Lipinski definition) is 6. The lowest BCUT2D eigenvalue weighted by Crippen LogP contribution is -2.62. The predicted molar refractivity (Wildman–Crippen MR) is 123 cm³/mol. The van der Waals surface area contributed by atoms with Crippen molar-refractivity contribution in [2.45, 2.75) is 111 Å². The monoisotopic (exact) mass is 462 g/mol. The average Bonchev–Trinajstić information content (AvgIpc) is 3.03. The van der Waals surface area contributed by atoms with E-state index in [1.54, 1.807) is 0 Å². The van der Waals surface area contributed by atoms with E-state index in [2.05, 4.69) is 13.8 Å². The van der Waals surface area contributed by atoms with Crippen molar-refractivity contribution in [1.29, 1.82) is 0 Å². The van der Waals surface area contributed by atoms with Crippen molar-refractivity contribution in [1.82, 2.24) is 0 Å². The van der Waals surface area contributed by atoms with E-state index in [1.807, 2.05) is 0 Å². The van der Waals surface area contributed by atoms with Crippen molar-refractivity contribution in [3.63, 3.8) is 0 Å². The molecule has 0 amide bonds. The second kappa shape index (κ2) is 8.88. The Morgan fingerprint density at radius 2 is 1.55 bits per heavy atom. The second-order valence-corrected chi connectivity index (χ2v) is 11.8. The molecule has 0 aliphatic heterocycles. The Labute approximate surface area is 198 Å². The Morgan fingerprint density at radius 1 is 0.818 bits per heavy atom. The Morgan fingerprint density at radius 3 is 2.21 bits per heavy atom. The van der Waals surface area contributed by atoms with Gasteiger partial charge in [0, 0.05) is 26.2 Å². The normalized spacial score (nSPS) is 42.8. The summed E-state index contributed by atoms with van der Waals surface area (Å²) in [5, 5.41) is 0. The van der Waals surface area contributed by atoms with Crippen molar-refractivity contribution in [3.05, 3.63) is 0 Å². The molecule has 0 bridgehead atoms. The van der Waals surface area contributed by atoms with Crippen LogP contribution in [0.25, 0.3) is 0 Å². The third kappa shape index (κ3) is 3.99. The molecule has 0 heterocycles. The summed E-state index contributed by atoms with van der Waals surface area (Å²) < 4.78 is 17.3. The van der Waals surface area contributed by atoms with Crippen LogP contribution in [-0.2, 0) is 28.6 Å². The Balaban J connectivity index is 1.69. The van der Waals surface area contributed by atoms with Gasteiger partial charge in [-0.25, -0.2) is 0 Å². The summed E-state index contributed by atoms with van der Waals surface area (Å²) in [4.78, 5) is 36.1. The standard InChI is InChI=1S/C27H42O6/c1-17(28)31-16-24(32-18(2)29)27(33-19(3)30)15-12-23-21-10-9-20-8-6-7-13-25(20,4)22(21)11-14-26(23,27)5/h20-24H,6-16H2,1-5H3/t20-,21?,22?,23?,24-,25+,26+,27+/m1/s1. The van der Waals surface area contributed by atoms with Crippen LogP contribution in [0.1, 0.15) is 98.8 Å². The number of hydrogen-bond donors (Lipinski definition) is 0. The van der Waals surface area contributed by atoms with Gasteiger partial charge in [-0.15, -0.1) is 0 Å². The maximum Gasteiger partial charge on any atom is 0.303 e. The van der Waals surface area contributed by atoms with Crippen LogP contribution in [-0.4, -0.2) is 36.2 Å². The number of carbonyl (C=O) groups excluding carboxylic acids is 3. The molecule has 4 saturated carbocycles. The molecule has 0 aromatic carbocycles. The summed E-state index contributed by atoms with van der Waals surface area (Å²) >= 11 is 0. The van der Waals surface area contributed by atoms with E-state index in [0.29, 0.717) is 29.6 Å². The van der Waals surface area contributed by atoms with E-state index in [0.717, 1.165) is 25.2 Å². The highest BCUT2D eigenvalue weighted by Crippen LogP contribution is 2.69. The fraction of sp³-hybridized carbons (Fsp3) is 0.889. The van der Waals surface area contributed by atoms with Gasteiger partial charge in [0.25, 0.3) is 0 Å². The largest absolute Gasteiger partial charge is 0.462 e. The minimum atomic E-state index is -0.972. The third-order valence-electron chi connectivity index (χ3n) is 10.4. The number of esters is 3. The molecule has 4 rings (SSSR count). The van der Waals surface area contributed by atoms with E-state index in [9.17, 15) is 14.4 Å². The maximum absolute atomic E-state index is 12.4. The Kier molecular flexibility index (Phi) is 6.60. The molecule has 0 radical (unpaired) electrons. The van der Waals surface area contributed by atoms with Gasteiger partial charge >= 0.3 is 17.9 Å². The number of fused-ring (bicyclic) bond motifs is 5. The van der Waals surface area contributed by atoms with Gasteiger partial charge in [-0.1, -0.05) is 26.7 Å². The van der Waals surface area contributed by atoms with Crippen LogP contribution in [0.4, 0.5) is 0 Å². The molecule has 4 aliphatic rings. The molecule has 4 fully saturated rings. The van der Waals surface area contributed by atoms with Gasteiger partial charge in [0.2, 0.25) is 0 Å². The molecule has 0 aromatic heterocycles. The molecular weight excluding hydrogens is 420 g/mol. The number of carbonyl (C=O) groups is 3. The lowest BCUT2D eigenvalue weighted by Gasteiger charge is -2.61. The summed E-state index contributed by atoms with van der Waals surface area (Å²) in [5.74, 6) is 1.31. The molecular formula is C27H42O6. The second-order valence-electron chi connectivity index (χ2n) is 11.8. The molecule has 0 N–H and O–H groups in total. The minimum absolute atomic E-state index is 0.0849. The van der Waals surface area contributed by atoms with Gasteiger partial charge in [0.1, 0.15) is 6.61 Å². The molecule has 6 nitrogen and oxygen atoms in total. The molecule has 0 saturated heterocycles. The quantitative estimate of drug-likeness (QED) is 0.412.